The van der Waals surface area contributed by atoms with Crippen molar-refractivity contribution in [3.05, 3.63) is 222 Å². The standard InChI is InChI=1S/C56H44N2/c1-37-45-33-31-43(57(53-27-11-19-39-15-3-7-23-47(39)53)54-28-12-20-40-16-4-8-24-48(40)54)35-51(45)38(2)52-36-44(32-34-46(37)52)58(55-29-13-21-41-17-5-9-25-49(41)55)56-30-14-22-42-18-6-10-26-50(42)56/h3-21,23-27,29-36,42,54H,22,28H2,1-2H3. The molecule has 2 unspecified atom stereocenters. The lowest BCUT2D eigenvalue weighted by molar-refractivity contribution is 0.704. The number of fused-ring (bicyclic) bond motifs is 6. The van der Waals surface area contributed by atoms with E-state index in [1.165, 1.54) is 99.4 Å². The van der Waals surface area contributed by atoms with Crippen molar-refractivity contribution in [2.24, 2.45) is 5.92 Å². The zero-order valence-corrected chi connectivity index (χ0v) is 32.9. The number of allylic oxidation sites excluding steroid dienone is 7. The van der Waals surface area contributed by atoms with E-state index in [0.717, 1.165) is 12.8 Å². The summed E-state index contributed by atoms with van der Waals surface area (Å²) >= 11 is 0. The van der Waals surface area contributed by atoms with Gasteiger partial charge in [-0.15, -0.1) is 0 Å². The first-order chi connectivity index (χ1) is 28.6. The van der Waals surface area contributed by atoms with E-state index in [1.54, 1.807) is 0 Å². The lowest BCUT2D eigenvalue weighted by Gasteiger charge is -2.37. The number of benzene rings is 8. The van der Waals surface area contributed by atoms with Crippen molar-refractivity contribution in [3.8, 4) is 0 Å². The predicted molar refractivity (Wildman–Crippen MR) is 248 cm³/mol. The molecule has 2 atom stereocenters. The molecule has 0 heterocycles. The van der Waals surface area contributed by atoms with Crippen LogP contribution in [0.4, 0.5) is 22.7 Å². The molecule has 0 fully saturated rings. The smallest absolute Gasteiger partial charge is 0.0632 e. The van der Waals surface area contributed by atoms with Crippen molar-refractivity contribution >= 4 is 71.9 Å². The van der Waals surface area contributed by atoms with E-state index in [4.69, 9.17) is 0 Å². The molecule has 0 spiro atoms. The third-order valence-electron chi connectivity index (χ3n) is 12.8. The molecule has 11 rings (SSSR count). The lowest BCUT2D eigenvalue weighted by Crippen LogP contribution is -2.25. The second-order valence-corrected chi connectivity index (χ2v) is 16.0. The number of hydrogen-bond acceptors (Lipinski definition) is 2. The highest BCUT2D eigenvalue weighted by Crippen LogP contribution is 2.47. The predicted octanol–water partition coefficient (Wildman–Crippen LogP) is 15.3. The van der Waals surface area contributed by atoms with E-state index in [1.807, 2.05) is 0 Å². The highest BCUT2D eigenvalue weighted by molar-refractivity contribution is 6.09. The number of rotatable bonds is 6. The summed E-state index contributed by atoms with van der Waals surface area (Å²) in [5, 5.41) is 10.2. The van der Waals surface area contributed by atoms with Gasteiger partial charge in [0.25, 0.3) is 0 Å². The van der Waals surface area contributed by atoms with E-state index >= 15 is 0 Å². The van der Waals surface area contributed by atoms with Crippen LogP contribution in [0, 0.1) is 19.8 Å². The van der Waals surface area contributed by atoms with Gasteiger partial charge in [0.2, 0.25) is 0 Å². The summed E-state index contributed by atoms with van der Waals surface area (Å²) in [4.78, 5) is 5.11. The third-order valence-corrected chi connectivity index (χ3v) is 12.8. The minimum atomic E-state index is 0.151. The number of hydrogen-bond donors (Lipinski definition) is 0. The molecule has 3 aliphatic rings. The van der Waals surface area contributed by atoms with Crippen LogP contribution in [-0.4, -0.2) is 0 Å². The Labute approximate surface area is 340 Å². The first-order valence-electron chi connectivity index (χ1n) is 20.6. The molecule has 0 N–H and O–H groups in total. The Morgan fingerprint density at radius 1 is 0.483 bits per heavy atom. The summed E-state index contributed by atoms with van der Waals surface area (Å²) in [5.74, 6) is 0.366. The average molecular weight is 745 g/mol. The van der Waals surface area contributed by atoms with Gasteiger partial charge in [-0.25, -0.2) is 0 Å². The Kier molecular flexibility index (Phi) is 8.25. The maximum Gasteiger partial charge on any atom is 0.0632 e. The van der Waals surface area contributed by atoms with Crippen LogP contribution in [0.5, 0.6) is 0 Å². The number of anilines is 4. The number of aryl methyl sites for hydroxylation is 2. The molecular weight excluding hydrogens is 701 g/mol. The normalized spacial score (nSPS) is 17.0. The molecule has 58 heavy (non-hydrogen) atoms. The molecule has 3 aliphatic carbocycles. The van der Waals surface area contributed by atoms with Gasteiger partial charge >= 0.3 is 0 Å². The van der Waals surface area contributed by atoms with Crippen molar-refractivity contribution < 1.29 is 0 Å². The Balaban J connectivity index is 1.13. The molecule has 2 nitrogen and oxygen atoms in total. The number of nitrogens with zero attached hydrogens (tertiary/aromatic N) is 2. The Bertz CT molecular complexity index is 3110. The van der Waals surface area contributed by atoms with Gasteiger partial charge in [-0.2, -0.15) is 0 Å². The minimum Gasteiger partial charge on any atom is -0.333 e. The summed E-state index contributed by atoms with van der Waals surface area (Å²) < 4.78 is 0. The van der Waals surface area contributed by atoms with Gasteiger partial charge in [-0.05, 0) is 129 Å². The molecule has 0 bridgehead atoms. The van der Waals surface area contributed by atoms with E-state index in [2.05, 4.69) is 218 Å². The maximum atomic E-state index is 2.60. The fourth-order valence-electron chi connectivity index (χ4n) is 9.99. The second-order valence-electron chi connectivity index (χ2n) is 16.0. The van der Waals surface area contributed by atoms with E-state index in [0.29, 0.717) is 5.92 Å². The highest BCUT2D eigenvalue weighted by atomic mass is 15.2. The Morgan fingerprint density at radius 2 is 1.10 bits per heavy atom. The van der Waals surface area contributed by atoms with Gasteiger partial charge in [0.15, 0.2) is 0 Å². The zero-order valence-electron chi connectivity index (χ0n) is 32.9. The van der Waals surface area contributed by atoms with Crippen LogP contribution in [0.25, 0.3) is 49.2 Å². The largest absolute Gasteiger partial charge is 0.333 e. The molecular formula is C56H44N2. The molecule has 0 saturated heterocycles. The lowest BCUT2D eigenvalue weighted by atomic mass is 9.85. The van der Waals surface area contributed by atoms with Crippen LogP contribution in [-0.2, 0) is 0 Å². The monoisotopic (exact) mass is 744 g/mol. The zero-order chi connectivity index (χ0) is 38.7. The second kappa shape index (κ2) is 13.9. The molecule has 2 heteroatoms. The molecule has 0 radical (unpaired) electrons. The van der Waals surface area contributed by atoms with Crippen molar-refractivity contribution in [2.45, 2.75) is 32.7 Å². The van der Waals surface area contributed by atoms with Crippen molar-refractivity contribution in [3.63, 3.8) is 0 Å². The van der Waals surface area contributed by atoms with Crippen LogP contribution < -0.4 is 9.80 Å². The first kappa shape index (κ1) is 34.4. The average Bonchev–Trinajstić information content (AvgIpc) is 3.28. The maximum absolute atomic E-state index is 2.60. The van der Waals surface area contributed by atoms with Crippen LogP contribution in [0.1, 0.15) is 41.1 Å². The fraction of sp³-hybridized carbons (Fsp3) is 0.107. The Hall–Kier alpha value is -6.90. The molecule has 0 aromatic heterocycles. The summed E-state index contributed by atoms with van der Waals surface area (Å²) in [6.07, 6.45) is 20.3. The highest BCUT2D eigenvalue weighted by Gasteiger charge is 2.28. The summed E-state index contributed by atoms with van der Waals surface area (Å²) in [6.45, 7) is 4.63. The van der Waals surface area contributed by atoms with Crippen LogP contribution in [0.3, 0.4) is 0 Å². The molecule has 278 valence electrons. The fourth-order valence-corrected chi connectivity index (χ4v) is 9.99. The van der Waals surface area contributed by atoms with E-state index in [9.17, 15) is 0 Å². The summed E-state index contributed by atoms with van der Waals surface area (Å²) in [7, 11) is 0. The Morgan fingerprint density at radius 3 is 1.90 bits per heavy atom. The van der Waals surface area contributed by atoms with Crippen molar-refractivity contribution in [2.75, 3.05) is 9.80 Å². The molecule has 0 amide bonds. The topological polar surface area (TPSA) is 6.48 Å². The van der Waals surface area contributed by atoms with Crippen LogP contribution >= 0.6 is 0 Å². The third kappa shape index (κ3) is 5.55. The van der Waals surface area contributed by atoms with E-state index < -0.39 is 0 Å². The SMILES string of the molecule is Cc1c2ccc(N(C3=C4C=CC=CC4CC=C3)c3cccc4ccccc34)cc2c(C)c2cc(N(c3cccc4ccccc34)C3CC=Cc4ccccc43)ccc12. The molecule has 0 aliphatic heterocycles. The quantitative estimate of drug-likeness (QED) is 0.156. The van der Waals surface area contributed by atoms with Gasteiger partial charge in [0.05, 0.1) is 11.7 Å². The molecule has 0 saturated carbocycles. The van der Waals surface area contributed by atoms with Crippen molar-refractivity contribution in [1.29, 1.82) is 0 Å². The summed E-state index contributed by atoms with van der Waals surface area (Å²) in [6, 6.07) is 54.4. The van der Waals surface area contributed by atoms with Gasteiger partial charge in [-0.3, -0.25) is 0 Å². The van der Waals surface area contributed by atoms with Gasteiger partial charge < -0.3 is 9.80 Å². The van der Waals surface area contributed by atoms with Gasteiger partial charge in [0.1, 0.15) is 0 Å². The van der Waals surface area contributed by atoms with Crippen LogP contribution in [0.2, 0.25) is 0 Å². The van der Waals surface area contributed by atoms with Crippen LogP contribution in [0.15, 0.2) is 199 Å². The molecule has 8 aromatic carbocycles. The minimum absolute atomic E-state index is 0.151. The van der Waals surface area contributed by atoms with E-state index in [-0.39, 0.29) is 6.04 Å². The first-order valence-corrected chi connectivity index (χ1v) is 20.6. The summed E-state index contributed by atoms with van der Waals surface area (Å²) in [5.41, 5.74) is 12.7. The van der Waals surface area contributed by atoms with Gasteiger partial charge in [0, 0.05) is 39.4 Å². The van der Waals surface area contributed by atoms with Crippen molar-refractivity contribution in [1.82, 2.24) is 0 Å². The molecule has 8 aromatic rings. The van der Waals surface area contributed by atoms with Gasteiger partial charge in [-0.1, -0.05) is 152 Å².